The van der Waals surface area contributed by atoms with Gasteiger partial charge in [-0.05, 0) is 38.0 Å². The van der Waals surface area contributed by atoms with E-state index in [9.17, 15) is 19.5 Å². The molecule has 0 radical (unpaired) electrons. The molecule has 2 aliphatic heterocycles. The van der Waals surface area contributed by atoms with Crippen LogP contribution in [0.3, 0.4) is 0 Å². The number of hydrogen-bond acceptors (Lipinski definition) is 7. The number of Topliss-reactive ketones (excluding diaryl/α,β-unsaturated/α-hetero) is 2. The fourth-order valence-corrected chi connectivity index (χ4v) is 3.56. The molecule has 134 valence electrons. The van der Waals surface area contributed by atoms with E-state index in [4.69, 9.17) is 14.3 Å². The second kappa shape index (κ2) is 6.12. The molecule has 8 heteroatoms. The van der Waals surface area contributed by atoms with Crippen molar-refractivity contribution in [3.8, 4) is 11.5 Å². The first-order chi connectivity index (χ1) is 11.9. The largest absolute Gasteiger partial charge is 0.493 e. The van der Waals surface area contributed by atoms with Gasteiger partial charge in [0.25, 0.3) is 0 Å². The SMILES string of the molecule is CCOc1cc2c(cc1OC)CC1C(=O)C(=O)C2(C(=O)O)N1OCC. The molecule has 2 heterocycles. The molecule has 1 fully saturated rings. The summed E-state index contributed by atoms with van der Waals surface area (Å²) in [5.41, 5.74) is -1.45. The predicted molar refractivity (Wildman–Crippen MR) is 84.4 cm³/mol. The second-order valence-corrected chi connectivity index (χ2v) is 5.77. The van der Waals surface area contributed by atoms with Crippen molar-refractivity contribution >= 4 is 17.5 Å². The zero-order valence-electron chi connectivity index (χ0n) is 14.2. The van der Waals surface area contributed by atoms with Crippen molar-refractivity contribution in [3.63, 3.8) is 0 Å². The van der Waals surface area contributed by atoms with Crippen molar-refractivity contribution < 1.29 is 33.8 Å². The fourth-order valence-electron chi connectivity index (χ4n) is 3.56. The lowest BCUT2D eigenvalue weighted by atomic mass is 9.82. The molecule has 25 heavy (non-hydrogen) atoms. The van der Waals surface area contributed by atoms with Gasteiger partial charge in [0.2, 0.25) is 17.1 Å². The van der Waals surface area contributed by atoms with E-state index in [0.717, 1.165) is 5.06 Å². The van der Waals surface area contributed by atoms with E-state index in [-0.39, 0.29) is 18.6 Å². The summed E-state index contributed by atoms with van der Waals surface area (Å²) in [6.07, 6.45) is 0.164. The lowest BCUT2D eigenvalue weighted by Crippen LogP contribution is -2.56. The Kier molecular flexibility index (Phi) is 4.26. The van der Waals surface area contributed by atoms with E-state index in [1.165, 1.54) is 13.2 Å². The number of carboxylic acid groups (broad SMARTS) is 1. The number of ether oxygens (including phenoxy) is 2. The van der Waals surface area contributed by atoms with Crippen LogP contribution in [0.5, 0.6) is 11.5 Å². The van der Waals surface area contributed by atoms with Crippen LogP contribution in [0.2, 0.25) is 0 Å². The Morgan fingerprint density at radius 3 is 2.56 bits per heavy atom. The van der Waals surface area contributed by atoms with Gasteiger partial charge in [0.05, 0.1) is 20.3 Å². The summed E-state index contributed by atoms with van der Waals surface area (Å²) < 4.78 is 10.8. The number of rotatable bonds is 6. The third-order valence-corrected chi connectivity index (χ3v) is 4.54. The van der Waals surface area contributed by atoms with E-state index in [2.05, 4.69) is 0 Å². The quantitative estimate of drug-likeness (QED) is 0.592. The number of fused-ring (bicyclic) bond motifs is 4. The average Bonchev–Trinajstić information content (AvgIpc) is 2.73. The maximum absolute atomic E-state index is 12.7. The molecule has 8 nitrogen and oxygen atoms in total. The highest BCUT2D eigenvalue weighted by Gasteiger charge is 2.68. The van der Waals surface area contributed by atoms with Crippen LogP contribution in [0, 0.1) is 0 Å². The highest BCUT2D eigenvalue weighted by molar-refractivity contribution is 6.48. The van der Waals surface area contributed by atoms with Gasteiger partial charge in [-0.15, -0.1) is 5.06 Å². The molecule has 2 bridgehead atoms. The second-order valence-electron chi connectivity index (χ2n) is 5.77. The van der Waals surface area contributed by atoms with Gasteiger partial charge in [-0.3, -0.25) is 14.4 Å². The van der Waals surface area contributed by atoms with Crippen LogP contribution < -0.4 is 9.47 Å². The van der Waals surface area contributed by atoms with Gasteiger partial charge >= 0.3 is 5.97 Å². The maximum atomic E-state index is 12.7. The van der Waals surface area contributed by atoms with Crippen molar-refractivity contribution in [2.24, 2.45) is 0 Å². The van der Waals surface area contributed by atoms with E-state index >= 15 is 0 Å². The smallest absolute Gasteiger partial charge is 0.339 e. The summed E-state index contributed by atoms with van der Waals surface area (Å²) in [5.74, 6) is -2.47. The first kappa shape index (κ1) is 17.4. The molecule has 1 saturated heterocycles. The Bertz CT molecular complexity index is 760. The molecule has 0 amide bonds. The minimum Gasteiger partial charge on any atom is -0.493 e. The van der Waals surface area contributed by atoms with E-state index in [1.54, 1.807) is 19.9 Å². The number of hydrogen-bond donors (Lipinski definition) is 1. The standard InChI is InChI=1S/C17H19NO7/c1-4-24-13-8-10-9(7-12(13)23-3)6-11-14(19)15(20)17(10,16(21)22)18(11)25-5-2/h7-8,11H,4-6H2,1-3H3,(H,21,22). The van der Waals surface area contributed by atoms with Gasteiger partial charge in [-0.2, -0.15) is 0 Å². The number of nitrogens with zero attached hydrogens (tertiary/aromatic N) is 1. The zero-order valence-corrected chi connectivity index (χ0v) is 14.2. The molecule has 1 aromatic rings. The van der Waals surface area contributed by atoms with Crippen LogP contribution in [0.15, 0.2) is 12.1 Å². The van der Waals surface area contributed by atoms with Crippen molar-refractivity contribution in [1.29, 1.82) is 0 Å². The van der Waals surface area contributed by atoms with Gasteiger partial charge in [-0.1, -0.05) is 0 Å². The van der Waals surface area contributed by atoms with Gasteiger partial charge in [-0.25, -0.2) is 4.79 Å². The Morgan fingerprint density at radius 2 is 2.00 bits per heavy atom. The highest BCUT2D eigenvalue weighted by atomic mass is 16.7. The summed E-state index contributed by atoms with van der Waals surface area (Å²) in [6.45, 7) is 3.91. The third-order valence-electron chi connectivity index (χ3n) is 4.54. The van der Waals surface area contributed by atoms with Gasteiger partial charge < -0.3 is 14.6 Å². The lowest BCUT2D eigenvalue weighted by molar-refractivity contribution is -0.232. The fraction of sp³-hybridized carbons (Fsp3) is 0.471. The molecular formula is C17H19NO7. The minimum absolute atomic E-state index is 0.135. The average molecular weight is 349 g/mol. The van der Waals surface area contributed by atoms with Crippen LogP contribution in [-0.2, 0) is 31.2 Å². The normalized spacial score (nSPS) is 25.0. The van der Waals surface area contributed by atoms with Crippen LogP contribution >= 0.6 is 0 Å². The van der Waals surface area contributed by atoms with E-state index in [0.29, 0.717) is 23.7 Å². The Hall–Kier alpha value is -2.45. The van der Waals surface area contributed by atoms with Crippen molar-refractivity contribution in [3.05, 3.63) is 23.3 Å². The van der Waals surface area contributed by atoms with Gasteiger partial charge in [0.1, 0.15) is 6.04 Å². The Morgan fingerprint density at radius 1 is 1.28 bits per heavy atom. The number of hydroxylamine groups is 2. The first-order valence-electron chi connectivity index (χ1n) is 8.01. The summed E-state index contributed by atoms with van der Waals surface area (Å²) in [4.78, 5) is 42.7. The summed E-state index contributed by atoms with van der Waals surface area (Å²) in [5, 5.41) is 11.0. The third kappa shape index (κ3) is 2.17. The molecule has 0 spiro atoms. The molecule has 3 rings (SSSR count). The van der Waals surface area contributed by atoms with Crippen molar-refractivity contribution in [2.45, 2.75) is 31.8 Å². The molecule has 2 atom stereocenters. The van der Waals surface area contributed by atoms with Gasteiger partial charge in [0.15, 0.2) is 11.5 Å². The zero-order chi connectivity index (χ0) is 18.4. The highest BCUT2D eigenvalue weighted by Crippen LogP contribution is 2.48. The molecule has 0 aromatic heterocycles. The number of carbonyl (C=O) groups excluding carboxylic acids is 2. The van der Waals surface area contributed by atoms with Crippen molar-refractivity contribution in [2.75, 3.05) is 20.3 Å². The summed E-state index contributed by atoms with van der Waals surface area (Å²) >= 11 is 0. The van der Waals surface area contributed by atoms with Crippen molar-refractivity contribution in [1.82, 2.24) is 5.06 Å². The molecule has 0 aliphatic carbocycles. The topological polar surface area (TPSA) is 102 Å². The number of ketones is 2. The summed E-state index contributed by atoms with van der Waals surface area (Å²) in [6, 6.07) is 2.13. The Balaban J connectivity index is 2.30. The number of carbonyl (C=O) groups is 3. The van der Waals surface area contributed by atoms with E-state index < -0.39 is 29.1 Å². The molecule has 2 aliphatic rings. The first-order valence-corrected chi connectivity index (χ1v) is 8.01. The van der Waals surface area contributed by atoms with Crippen LogP contribution in [0.4, 0.5) is 0 Å². The number of carboxylic acids is 1. The number of benzene rings is 1. The van der Waals surface area contributed by atoms with Crippen LogP contribution in [0.1, 0.15) is 25.0 Å². The summed E-state index contributed by atoms with van der Waals surface area (Å²) in [7, 11) is 1.47. The Labute approximate surface area is 144 Å². The maximum Gasteiger partial charge on any atom is 0.339 e. The monoisotopic (exact) mass is 349 g/mol. The lowest BCUT2D eigenvalue weighted by Gasteiger charge is -2.39. The van der Waals surface area contributed by atoms with Gasteiger partial charge in [0, 0.05) is 5.56 Å². The molecule has 2 unspecified atom stereocenters. The van der Waals surface area contributed by atoms with Crippen LogP contribution in [0.25, 0.3) is 0 Å². The number of methoxy groups -OCH3 is 1. The molecular weight excluding hydrogens is 330 g/mol. The van der Waals surface area contributed by atoms with E-state index in [1.807, 2.05) is 0 Å². The molecule has 1 N–H and O–H groups in total. The number of aliphatic carboxylic acids is 1. The predicted octanol–water partition coefficient (Wildman–Crippen LogP) is 0.704. The molecule has 0 saturated carbocycles. The molecule has 1 aromatic carbocycles. The minimum atomic E-state index is -2.19. The van der Waals surface area contributed by atoms with Crippen LogP contribution in [-0.4, -0.2) is 54.1 Å².